The number of nitrogens with two attached hydrogens (primary N) is 2. The number of aliphatic carboxylic acids is 1. The van der Waals surface area contributed by atoms with Crippen LogP contribution >= 0.6 is 12.6 Å². The average Bonchev–Trinajstić information content (AvgIpc) is 2.72. The number of primary amides is 1. The zero-order chi connectivity index (χ0) is 24.3. The van der Waals surface area contributed by atoms with E-state index in [1.807, 2.05) is 20.8 Å². The Hall–Kier alpha value is -2.34. The summed E-state index contributed by atoms with van der Waals surface area (Å²) in [6, 6.07) is -4.57. The summed E-state index contributed by atoms with van der Waals surface area (Å²) in [5.74, 6) is -4.93. The summed E-state index contributed by atoms with van der Waals surface area (Å²) in [4.78, 5) is 60.4. The Bertz CT molecular complexity index is 662. The molecule has 6 atom stereocenters. The summed E-state index contributed by atoms with van der Waals surface area (Å²) in [5.41, 5.74) is 11.1. The van der Waals surface area contributed by atoms with Gasteiger partial charge in [0.1, 0.15) is 18.1 Å². The van der Waals surface area contributed by atoms with Gasteiger partial charge in [-0.25, -0.2) is 4.79 Å². The monoisotopic (exact) mass is 461 g/mol. The molecule has 0 fully saturated rings. The van der Waals surface area contributed by atoms with E-state index in [2.05, 4.69) is 28.6 Å². The molecule has 0 aromatic rings. The number of carboxylic acid groups (broad SMARTS) is 1. The topological polar surface area (TPSA) is 194 Å². The molecule has 8 N–H and O–H groups in total. The van der Waals surface area contributed by atoms with Gasteiger partial charge >= 0.3 is 5.97 Å². The van der Waals surface area contributed by atoms with Gasteiger partial charge in [-0.2, -0.15) is 12.6 Å². The largest absolute Gasteiger partial charge is 0.480 e. The highest BCUT2D eigenvalue weighted by Crippen LogP contribution is 2.11. The van der Waals surface area contributed by atoms with E-state index in [0.717, 1.165) is 0 Å². The van der Waals surface area contributed by atoms with Crippen LogP contribution < -0.4 is 27.4 Å². The molecular weight excluding hydrogens is 426 g/mol. The van der Waals surface area contributed by atoms with E-state index in [0.29, 0.717) is 12.8 Å². The molecule has 0 aliphatic carbocycles. The molecule has 0 radical (unpaired) electrons. The number of rotatable bonds is 14. The highest BCUT2D eigenvalue weighted by atomic mass is 32.1. The van der Waals surface area contributed by atoms with Crippen LogP contribution in [0.1, 0.15) is 47.0 Å². The molecule has 0 saturated carbocycles. The van der Waals surface area contributed by atoms with Crippen molar-refractivity contribution in [2.24, 2.45) is 23.3 Å². The molecular formula is C19H35N5O6S. The van der Waals surface area contributed by atoms with Crippen LogP contribution in [0.5, 0.6) is 0 Å². The predicted molar refractivity (Wildman–Crippen MR) is 118 cm³/mol. The van der Waals surface area contributed by atoms with Gasteiger partial charge in [-0.15, -0.1) is 0 Å². The fraction of sp³-hybridized carbons (Fsp3) is 0.737. The molecule has 12 heteroatoms. The number of nitrogens with one attached hydrogen (secondary N) is 3. The average molecular weight is 462 g/mol. The molecule has 6 unspecified atom stereocenters. The first-order valence-corrected chi connectivity index (χ1v) is 10.8. The number of thiol groups is 1. The Morgan fingerprint density at radius 1 is 0.871 bits per heavy atom. The highest BCUT2D eigenvalue weighted by molar-refractivity contribution is 7.80. The Morgan fingerprint density at radius 2 is 1.39 bits per heavy atom. The van der Waals surface area contributed by atoms with E-state index in [1.54, 1.807) is 6.92 Å². The van der Waals surface area contributed by atoms with Gasteiger partial charge in [-0.1, -0.05) is 40.5 Å². The van der Waals surface area contributed by atoms with Crippen molar-refractivity contribution >= 4 is 42.2 Å². The van der Waals surface area contributed by atoms with Crippen LogP contribution in [0, 0.1) is 11.8 Å². The van der Waals surface area contributed by atoms with Crippen molar-refractivity contribution in [2.45, 2.75) is 71.1 Å². The summed E-state index contributed by atoms with van der Waals surface area (Å²) in [7, 11) is 0. The van der Waals surface area contributed by atoms with Crippen LogP contribution in [0.15, 0.2) is 0 Å². The van der Waals surface area contributed by atoms with Crippen LogP contribution in [0.3, 0.4) is 0 Å². The maximum atomic E-state index is 12.9. The first kappa shape index (κ1) is 28.7. The Balaban J connectivity index is 5.53. The van der Waals surface area contributed by atoms with Crippen molar-refractivity contribution < 1.29 is 29.1 Å². The van der Waals surface area contributed by atoms with Crippen molar-refractivity contribution in [3.8, 4) is 0 Å². The van der Waals surface area contributed by atoms with Crippen molar-refractivity contribution in [1.82, 2.24) is 16.0 Å². The van der Waals surface area contributed by atoms with Crippen molar-refractivity contribution in [1.29, 1.82) is 0 Å². The van der Waals surface area contributed by atoms with Crippen molar-refractivity contribution in [3.05, 3.63) is 0 Å². The molecule has 4 amide bonds. The predicted octanol–water partition coefficient (Wildman–Crippen LogP) is -1.25. The van der Waals surface area contributed by atoms with Crippen LogP contribution in [-0.4, -0.2) is 64.6 Å². The summed E-state index contributed by atoms with van der Waals surface area (Å²) < 4.78 is 0. The van der Waals surface area contributed by atoms with E-state index in [-0.39, 0.29) is 17.6 Å². The molecule has 178 valence electrons. The smallest absolute Gasteiger partial charge is 0.327 e. The van der Waals surface area contributed by atoms with Gasteiger partial charge in [-0.05, 0) is 11.8 Å². The number of carboxylic acids is 1. The van der Waals surface area contributed by atoms with Crippen molar-refractivity contribution in [2.75, 3.05) is 5.75 Å². The molecule has 0 aliphatic rings. The third kappa shape index (κ3) is 9.55. The molecule has 0 spiro atoms. The normalized spacial score (nSPS) is 16.7. The maximum Gasteiger partial charge on any atom is 0.327 e. The molecule has 0 saturated heterocycles. The van der Waals surface area contributed by atoms with Crippen LogP contribution in [0.4, 0.5) is 0 Å². The van der Waals surface area contributed by atoms with Crippen molar-refractivity contribution in [3.63, 3.8) is 0 Å². The molecule has 0 bridgehead atoms. The minimum Gasteiger partial charge on any atom is -0.480 e. The number of carbonyl (C=O) groups excluding carboxylic acids is 4. The zero-order valence-corrected chi connectivity index (χ0v) is 19.3. The lowest BCUT2D eigenvalue weighted by Gasteiger charge is -2.28. The maximum absolute atomic E-state index is 12.9. The molecule has 0 aliphatic heterocycles. The van der Waals surface area contributed by atoms with Gasteiger partial charge in [0, 0.05) is 5.75 Å². The van der Waals surface area contributed by atoms with Crippen LogP contribution in [0.2, 0.25) is 0 Å². The third-order valence-corrected chi connectivity index (χ3v) is 5.55. The summed E-state index contributed by atoms with van der Waals surface area (Å²) in [6.45, 7) is 7.27. The quantitative estimate of drug-likeness (QED) is 0.157. The van der Waals surface area contributed by atoms with Gasteiger partial charge in [0.2, 0.25) is 23.6 Å². The van der Waals surface area contributed by atoms with E-state index < -0.39 is 60.2 Å². The van der Waals surface area contributed by atoms with Gasteiger partial charge in [-0.3, -0.25) is 19.2 Å². The van der Waals surface area contributed by atoms with Crippen LogP contribution in [-0.2, 0) is 24.0 Å². The zero-order valence-electron chi connectivity index (χ0n) is 18.4. The molecule has 31 heavy (non-hydrogen) atoms. The van der Waals surface area contributed by atoms with Gasteiger partial charge in [0.15, 0.2) is 0 Å². The number of carbonyl (C=O) groups is 5. The minimum atomic E-state index is -1.42. The first-order valence-electron chi connectivity index (χ1n) is 10.2. The van der Waals surface area contributed by atoms with E-state index in [9.17, 15) is 24.0 Å². The van der Waals surface area contributed by atoms with Gasteiger partial charge < -0.3 is 32.5 Å². The second kappa shape index (κ2) is 13.9. The molecule has 0 aromatic carbocycles. The fourth-order valence-corrected chi connectivity index (χ4v) is 2.84. The van der Waals surface area contributed by atoms with Gasteiger partial charge in [0.25, 0.3) is 0 Å². The molecule has 0 aromatic heterocycles. The van der Waals surface area contributed by atoms with Gasteiger partial charge in [0.05, 0.1) is 12.5 Å². The molecule has 0 rings (SSSR count). The number of amides is 4. The highest BCUT2D eigenvalue weighted by Gasteiger charge is 2.33. The fourth-order valence-electron chi connectivity index (χ4n) is 2.59. The summed E-state index contributed by atoms with van der Waals surface area (Å²) in [5, 5.41) is 16.3. The SMILES string of the molecule is CCC(C)C(N)C(=O)NC(C(=O)NC(CC(N)=O)C(=O)NC(CS)C(=O)O)C(C)CC. The summed E-state index contributed by atoms with van der Waals surface area (Å²) in [6.07, 6.45) is 0.653. The van der Waals surface area contributed by atoms with E-state index >= 15 is 0 Å². The van der Waals surface area contributed by atoms with E-state index in [1.165, 1.54) is 0 Å². The second-order valence-corrected chi connectivity index (χ2v) is 7.96. The standard InChI is InChI=1S/C19H35N5O6S/c1-5-9(3)14(21)17(27)24-15(10(4)6-2)18(28)22-11(7-13(20)25)16(26)23-12(8-31)19(29)30/h9-12,14-15,31H,5-8,21H2,1-4H3,(H2,20,25)(H,22,28)(H,23,26)(H,24,27)(H,29,30). The lowest BCUT2D eigenvalue weighted by molar-refractivity contribution is -0.141. The third-order valence-electron chi connectivity index (χ3n) is 5.19. The van der Waals surface area contributed by atoms with E-state index in [4.69, 9.17) is 16.6 Å². The summed E-state index contributed by atoms with van der Waals surface area (Å²) >= 11 is 3.86. The Labute approximate surface area is 187 Å². The molecule has 11 nitrogen and oxygen atoms in total. The minimum absolute atomic E-state index is 0.108. The lowest BCUT2D eigenvalue weighted by atomic mass is 9.95. The first-order chi connectivity index (χ1) is 14.4. The Kier molecular flexibility index (Phi) is 12.8. The number of hydrogen-bond acceptors (Lipinski definition) is 7. The lowest BCUT2D eigenvalue weighted by Crippen LogP contribution is -2.59. The number of hydrogen-bond donors (Lipinski definition) is 7. The Morgan fingerprint density at radius 3 is 1.81 bits per heavy atom. The second-order valence-electron chi connectivity index (χ2n) is 7.60. The molecule has 0 heterocycles. The van der Waals surface area contributed by atoms with Crippen LogP contribution in [0.25, 0.3) is 0 Å².